The lowest BCUT2D eigenvalue weighted by atomic mass is 10.1. The fraction of sp³-hybridized carbons (Fsp3) is 0.462. The number of anilines is 1. The molecule has 0 aromatic heterocycles. The van der Waals surface area contributed by atoms with E-state index in [-0.39, 0.29) is 18.5 Å². The molecule has 0 radical (unpaired) electrons. The standard InChI is InChI=1S/C26H36ClN3O4S/c1-7-20(5)28-26(32)24(8-2)29(16-21-10-12-22(27)13-11-21)25(31)17-30(35(6,33)34)23-14-9-18(3)19(4)15-23/h9-15,20,24H,7-8,16-17H2,1-6H3,(H,28,32)/t20-,24+/m0/s1. The van der Waals surface area contributed by atoms with Crippen LogP contribution in [-0.4, -0.2) is 50.0 Å². The van der Waals surface area contributed by atoms with Gasteiger partial charge in [-0.25, -0.2) is 8.42 Å². The zero-order valence-electron chi connectivity index (χ0n) is 21.3. The van der Waals surface area contributed by atoms with Crippen molar-refractivity contribution in [2.24, 2.45) is 0 Å². The number of halogens is 1. The van der Waals surface area contributed by atoms with Crippen molar-refractivity contribution >= 4 is 39.1 Å². The number of sulfonamides is 1. The third kappa shape index (κ3) is 7.97. The molecule has 35 heavy (non-hydrogen) atoms. The number of amides is 2. The van der Waals surface area contributed by atoms with E-state index >= 15 is 0 Å². The predicted octanol–water partition coefficient (Wildman–Crippen LogP) is 4.44. The summed E-state index contributed by atoms with van der Waals surface area (Å²) in [5.74, 6) is -0.726. The molecule has 0 fully saturated rings. The highest BCUT2D eigenvalue weighted by Crippen LogP contribution is 2.23. The van der Waals surface area contributed by atoms with Gasteiger partial charge < -0.3 is 10.2 Å². The van der Waals surface area contributed by atoms with Gasteiger partial charge in [0.15, 0.2) is 0 Å². The summed E-state index contributed by atoms with van der Waals surface area (Å²) in [6, 6.07) is 11.5. The van der Waals surface area contributed by atoms with Gasteiger partial charge in [-0.05, 0) is 74.6 Å². The van der Waals surface area contributed by atoms with Gasteiger partial charge in [0, 0.05) is 17.6 Å². The highest BCUT2D eigenvalue weighted by molar-refractivity contribution is 7.92. The highest BCUT2D eigenvalue weighted by Gasteiger charge is 2.32. The summed E-state index contributed by atoms with van der Waals surface area (Å²) in [5.41, 5.74) is 3.13. The minimum atomic E-state index is -3.76. The number of aryl methyl sites for hydroxylation is 2. The second kappa shape index (κ2) is 12.4. The number of carbonyl (C=O) groups excluding carboxylic acids is 2. The van der Waals surface area contributed by atoms with E-state index in [9.17, 15) is 18.0 Å². The van der Waals surface area contributed by atoms with Crippen molar-refractivity contribution in [2.45, 2.75) is 66.1 Å². The summed E-state index contributed by atoms with van der Waals surface area (Å²) in [5, 5.41) is 3.52. The number of nitrogens with zero attached hydrogens (tertiary/aromatic N) is 2. The number of carbonyl (C=O) groups is 2. The van der Waals surface area contributed by atoms with Crippen LogP contribution < -0.4 is 9.62 Å². The van der Waals surface area contributed by atoms with Crippen molar-refractivity contribution in [1.82, 2.24) is 10.2 Å². The molecule has 2 aromatic rings. The normalized spacial score (nSPS) is 13.1. The Morgan fingerprint density at radius 3 is 2.14 bits per heavy atom. The number of benzene rings is 2. The zero-order valence-corrected chi connectivity index (χ0v) is 22.9. The van der Waals surface area contributed by atoms with Gasteiger partial charge in [-0.3, -0.25) is 13.9 Å². The molecule has 2 atom stereocenters. The van der Waals surface area contributed by atoms with E-state index in [4.69, 9.17) is 11.6 Å². The fourth-order valence-corrected chi connectivity index (χ4v) is 4.61. The quantitative estimate of drug-likeness (QED) is 0.473. The molecule has 0 saturated heterocycles. The third-order valence-corrected chi connectivity index (χ3v) is 7.50. The van der Waals surface area contributed by atoms with Gasteiger partial charge in [-0.1, -0.05) is 43.6 Å². The van der Waals surface area contributed by atoms with Crippen molar-refractivity contribution in [1.29, 1.82) is 0 Å². The molecule has 0 aliphatic rings. The van der Waals surface area contributed by atoms with E-state index in [1.165, 1.54) is 4.90 Å². The van der Waals surface area contributed by atoms with E-state index in [0.29, 0.717) is 17.1 Å². The van der Waals surface area contributed by atoms with Crippen LogP contribution in [0.4, 0.5) is 5.69 Å². The Labute approximate surface area is 214 Å². The molecule has 2 amide bonds. The summed E-state index contributed by atoms with van der Waals surface area (Å²) >= 11 is 6.02. The molecule has 2 rings (SSSR count). The lowest BCUT2D eigenvalue weighted by Gasteiger charge is -2.33. The first-order valence-electron chi connectivity index (χ1n) is 11.8. The number of hydrogen-bond acceptors (Lipinski definition) is 4. The van der Waals surface area contributed by atoms with Crippen molar-refractivity contribution < 1.29 is 18.0 Å². The first kappa shape index (κ1) is 28.7. The minimum absolute atomic E-state index is 0.0490. The Kier molecular flexibility index (Phi) is 10.2. The monoisotopic (exact) mass is 521 g/mol. The Hall–Kier alpha value is -2.58. The number of nitrogens with one attached hydrogen (secondary N) is 1. The van der Waals surface area contributed by atoms with Gasteiger partial charge in [0.1, 0.15) is 12.6 Å². The predicted molar refractivity (Wildman–Crippen MR) is 142 cm³/mol. The Bertz CT molecular complexity index is 1140. The smallest absolute Gasteiger partial charge is 0.244 e. The van der Waals surface area contributed by atoms with Crippen LogP contribution in [0.25, 0.3) is 0 Å². The number of rotatable bonds is 11. The maximum atomic E-state index is 13.7. The Morgan fingerprint density at radius 1 is 1.00 bits per heavy atom. The maximum absolute atomic E-state index is 13.7. The second-order valence-corrected chi connectivity index (χ2v) is 11.3. The van der Waals surface area contributed by atoms with Crippen LogP contribution in [-0.2, 0) is 26.2 Å². The zero-order chi connectivity index (χ0) is 26.3. The molecule has 0 heterocycles. The average Bonchev–Trinajstić information content (AvgIpc) is 2.79. The number of hydrogen-bond donors (Lipinski definition) is 1. The molecule has 0 aliphatic heterocycles. The molecule has 0 bridgehead atoms. The Morgan fingerprint density at radius 2 is 1.63 bits per heavy atom. The first-order chi connectivity index (χ1) is 16.4. The summed E-state index contributed by atoms with van der Waals surface area (Å²) in [6.45, 7) is 9.26. The molecule has 0 unspecified atom stereocenters. The maximum Gasteiger partial charge on any atom is 0.244 e. The summed E-state index contributed by atoms with van der Waals surface area (Å²) < 4.78 is 26.5. The summed E-state index contributed by atoms with van der Waals surface area (Å²) in [4.78, 5) is 28.2. The van der Waals surface area contributed by atoms with Gasteiger partial charge in [-0.2, -0.15) is 0 Å². The molecule has 9 heteroatoms. The van der Waals surface area contributed by atoms with Crippen LogP contribution in [0.15, 0.2) is 42.5 Å². The second-order valence-electron chi connectivity index (χ2n) is 8.93. The van der Waals surface area contributed by atoms with E-state index in [2.05, 4.69) is 5.32 Å². The van der Waals surface area contributed by atoms with Crippen LogP contribution in [0.2, 0.25) is 5.02 Å². The fourth-order valence-electron chi connectivity index (χ4n) is 3.64. The summed E-state index contributed by atoms with van der Waals surface area (Å²) in [6.07, 6.45) is 2.21. The Balaban J connectivity index is 2.45. The molecule has 1 N–H and O–H groups in total. The van der Waals surface area contributed by atoms with Crippen molar-refractivity contribution in [3.05, 3.63) is 64.2 Å². The molecule has 0 aliphatic carbocycles. The minimum Gasteiger partial charge on any atom is -0.352 e. The summed E-state index contributed by atoms with van der Waals surface area (Å²) in [7, 11) is -3.76. The lowest BCUT2D eigenvalue weighted by molar-refractivity contribution is -0.140. The average molecular weight is 522 g/mol. The van der Waals surface area contributed by atoms with Gasteiger partial charge in [0.25, 0.3) is 0 Å². The van der Waals surface area contributed by atoms with E-state index in [0.717, 1.165) is 33.7 Å². The van der Waals surface area contributed by atoms with Crippen molar-refractivity contribution in [2.75, 3.05) is 17.1 Å². The molecule has 0 saturated carbocycles. The van der Waals surface area contributed by atoms with E-state index in [1.807, 2.05) is 40.7 Å². The van der Waals surface area contributed by atoms with E-state index < -0.39 is 28.5 Å². The van der Waals surface area contributed by atoms with Crippen LogP contribution >= 0.6 is 11.6 Å². The largest absolute Gasteiger partial charge is 0.352 e. The van der Waals surface area contributed by atoms with Crippen molar-refractivity contribution in [3.8, 4) is 0 Å². The van der Waals surface area contributed by atoms with Crippen molar-refractivity contribution in [3.63, 3.8) is 0 Å². The van der Waals surface area contributed by atoms with Crippen LogP contribution in [0, 0.1) is 13.8 Å². The van der Waals surface area contributed by atoms with Gasteiger partial charge in [0.2, 0.25) is 21.8 Å². The van der Waals surface area contributed by atoms with Gasteiger partial charge >= 0.3 is 0 Å². The van der Waals surface area contributed by atoms with Crippen LogP contribution in [0.5, 0.6) is 0 Å². The topological polar surface area (TPSA) is 86.8 Å². The lowest BCUT2D eigenvalue weighted by Crippen LogP contribution is -2.53. The molecular weight excluding hydrogens is 486 g/mol. The van der Waals surface area contributed by atoms with Crippen LogP contribution in [0.3, 0.4) is 0 Å². The van der Waals surface area contributed by atoms with Gasteiger partial charge in [0.05, 0.1) is 11.9 Å². The third-order valence-electron chi connectivity index (χ3n) is 6.11. The van der Waals surface area contributed by atoms with Gasteiger partial charge in [-0.15, -0.1) is 0 Å². The first-order valence-corrected chi connectivity index (χ1v) is 14.0. The molecule has 192 valence electrons. The molecule has 0 spiro atoms. The molecular formula is C26H36ClN3O4S. The van der Waals surface area contributed by atoms with Crippen LogP contribution in [0.1, 0.15) is 50.3 Å². The molecule has 2 aromatic carbocycles. The van der Waals surface area contributed by atoms with E-state index in [1.54, 1.807) is 36.4 Å². The highest BCUT2D eigenvalue weighted by atomic mass is 35.5. The molecule has 7 nitrogen and oxygen atoms in total. The SMILES string of the molecule is CC[C@H](C(=O)N[C@@H](C)CC)N(Cc1ccc(Cl)cc1)C(=O)CN(c1ccc(C)c(C)c1)S(C)(=O)=O.